The number of alkyl halides is 3. The molecule has 0 saturated heterocycles. The molecule has 0 radical (unpaired) electrons. The van der Waals surface area contributed by atoms with Crippen molar-refractivity contribution in [2.24, 2.45) is 0 Å². The van der Waals surface area contributed by atoms with E-state index in [2.05, 4.69) is 0 Å². The lowest BCUT2D eigenvalue weighted by Crippen LogP contribution is -2.06. The SMILES string of the molecule is N#C/C(=C\c1cccc(C(F)(F)F)c1Cl)C(=O)O. The van der Waals surface area contributed by atoms with Crippen LogP contribution in [0.15, 0.2) is 23.8 Å². The van der Waals surface area contributed by atoms with E-state index in [-0.39, 0.29) is 5.56 Å². The van der Waals surface area contributed by atoms with Crippen molar-refractivity contribution >= 4 is 23.6 Å². The number of benzene rings is 1. The normalized spacial score (nSPS) is 12.1. The van der Waals surface area contributed by atoms with Gasteiger partial charge in [0, 0.05) is 0 Å². The molecule has 0 atom stereocenters. The van der Waals surface area contributed by atoms with E-state index in [0.29, 0.717) is 0 Å². The van der Waals surface area contributed by atoms with Crippen LogP contribution in [0.3, 0.4) is 0 Å². The number of hydrogen-bond donors (Lipinski definition) is 1. The van der Waals surface area contributed by atoms with E-state index in [1.165, 1.54) is 12.1 Å². The molecular weight excluding hydrogens is 271 g/mol. The first-order valence-corrected chi connectivity index (χ1v) is 4.86. The maximum absolute atomic E-state index is 12.5. The van der Waals surface area contributed by atoms with Crippen LogP contribution in [0, 0.1) is 11.3 Å². The lowest BCUT2D eigenvalue weighted by molar-refractivity contribution is -0.137. The number of rotatable bonds is 2. The topological polar surface area (TPSA) is 61.1 Å². The van der Waals surface area contributed by atoms with Gasteiger partial charge in [0.1, 0.15) is 11.6 Å². The Morgan fingerprint density at radius 1 is 1.44 bits per heavy atom. The predicted octanol–water partition coefficient (Wildman–Crippen LogP) is 3.35. The van der Waals surface area contributed by atoms with Gasteiger partial charge < -0.3 is 5.11 Å². The molecule has 0 aliphatic rings. The molecular formula is C11H5ClF3NO2. The molecule has 0 spiro atoms. The highest BCUT2D eigenvalue weighted by molar-refractivity contribution is 6.33. The van der Waals surface area contributed by atoms with Crippen molar-refractivity contribution in [1.29, 1.82) is 5.26 Å². The van der Waals surface area contributed by atoms with Crippen LogP contribution in [-0.4, -0.2) is 11.1 Å². The number of aliphatic carboxylic acids is 1. The largest absolute Gasteiger partial charge is 0.477 e. The van der Waals surface area contributed by atoms with E-state index in [1.54, 1.807) is 0 Å². The first-order chi connectivity index (χ1) is 8.27. The first kappa shape index (κ1) is 14.1. The van der Waals surface area contributed by atoms with E-state index in [1.807, 2.05) is 0 Å². The van der Waals surface area contributed by atoms with Crippen molar-refractivity contribution in [2.45, 2.75) is 6.18 Å². The van der Waals surface area contributed by atoms with Crippen LogP contribution in [0.4, 0.5) is 13.2 Å². The van der Waals surface area contributed by atoms with Crippen molar-refractivity contribution < 1.29 is 23.1 Å². The molecule has 1 rings (SSSR count). The van der Waals surface area contributed by atoms with Gasteiger partial charge in [-0.25, -0.2) is 4.79 Å². The number of hydrogen-bond acceptors (Lipinski definition) is 2. The fourth-order valence-corrected chi connectivity index (χ4v) is 1.47. The highest BCUT2D eigenvalue weighted by Gasteiger charge is 2.33. The van der Waals surface area contributed by atoms with E-state index in [9.17, 15) is 18.0 Å². The summed E-state index contributed by atoms with van der Waals surface area (Å²) in [7, 11) is 0. The third-order valence-corrected chi connectivity index (χ3v) is 2.41. The molecule has 1 aromatic carbocycles. The molecule has 7 heteroatoms. The van der Waals surface area contributed by atoms with Crippen molar-refractivity contribution in [2.75, 3.05) is 0 Å². The Bertz CT molecular complexity index is 558. The smallest absolute Gasteiger partial charge is 0.417 e. The Hall–Kier alpha value is -2.00. The maximum Gasteiger partial charge on any atom is 0.417 e. The van der Waals surface area contributed by atoms with Gasteiger partial charge in [-0.2, -0.15) is 18.4 Å². The number of nitriles is 1. The van der Waals surface area contributed by atoms with Crippen LogP contribution in [0.25, 0.3) is 6.08 Å². The number of carboxylic acids is 1. The van der Waals surface area contributed by atoms with E-state index >= 15 is 0 Å². The van der Waals surface area contributed by atoms with Gasteiger partial charge >= 0.3 is 12.1 Å². The minimum Gasteiger partial charge on any atom is -0.477 e. The van der Waals surface area contributed by atoms with Crippen LogP contribution in [-0.2, 0) is 11.0 Å². The standard InChI is InChI=1S/C11H5ClF3NO2/c12-9-6(4-7(5-16)10(17)18)2-1-3-8(9)11(13,14)15/h1-4H,(H,17,18)/b7-4+. The molecule has 0 aliphatic carbocycles. The molecule has 0 aliphatic heterocycles. The van der Waals surface area contributed by atoms with Crippen LogP contribution in [0.2, 0.25) is 5.02 Å². The molecule has 18 heavy (non-hydrogen) atoms. The molecule has 1 N–H and O–H groups in total. The van der Waals surface area contributed by atoms with E-state index in [0.717, 1.165) is 18.2 Å². The Kier molecular flexibility index (Phi) is 3.99. The number of halogens is 4. The summed E-state index contributed by atoms with van der Waals surface area (Å²) in [6, 6.07) is 4.40. The fraction of sp³-hybridized carbons (Fsp3) is 0.0909. The number of carbonyl (C=O) groups is 1. The Balaban J connectivity index is 3.38. The fourth-order valence-electron chi connectivity index (χ4n) is 1.18. The zero-order chi connectivity index (χ0) is 13.9. The summed E-state index contributed by atoms with van der Waals surface area (Å²) in [6.07, 6.45) is -3.85. The average molecular weight is 276 g/mol. The second-order valence-corrected chi connectivity index (χ2v) is 3.56. The van der Waals surface area contributed by atoms with Crippen molar-refractivity contribution in [3.63, 3.8) is 0 Å². The minimum absolute atomic E-state index is 0.176. The quantitative estimate of drug-likeness (QED) is 0.665. The lowest BCUT2D eigenvalue weighted by atomic mass is 10.1. The molecule has 0 amide bonds. The van der Waals surface area contributed by atoms with Crippen molar-refractivity contribution in [3.8, 4) is 6.07 Å². The van der Waals surface area contributed by atoms with Gasteiger partial charge in [-0.1, -0.05) is 23.7 Å². The number of nitrogens with zero attached hydrogens (tertiary/aromatic N) is 1. The first-order valence-electron chi connectivity index (χ1n) is 4.48. The van der Waals surface area contributed by atoms with Crippen LogP contribution in [0.5, 0.6) is 0 Å². The average Bonchev–Trinajstić information content (AvgIpc) is 2.25. The van der Waals surface area contributed by atoms with Gasteiger partial charge in [0.2, 0.25) is 0 Å². The maximum atomic E-state index is 12.5. The zero-order valence-corrected chi connectivity index (χ0v) is 9.38. The van der Waals surface area contributed by atoms with Gasteiger partial charge in [-0.3, -0.25) is 0 Å². The summed E-state index contributed by atoms with van der Waals surface area (Å²) in [6.45, 7) is 0. The van der Waals surface area contributed by atoms with Gasteiger partial charge in [-0.15, -0.1) is 0 Å². The molecule has 94 valence electrons. The Morgan fingerprint density at radius 2 is 2.06 bits per heavy atom. The summed E-state index contributed by atoms with van der Waals surface area (Å²) in [4.78, 5) is 10.6. The second kappa shape index (κ2) is 5.10. The Labute approximate surface area is 105 Å². The van der Waals surface area contributed by atoms with Crippen LogP contribution < -0.4 is 0 Å². The molecule has 3 nitrogen and oxygen atoms in total. The van der Waals surface area contributed by atoms with Gasteiger partial charge in [0.15, 0.2) is 0 Å². The van der Waals surface area contributed by atoms with Crippen molar-refractivity contribution in [3.05, 3.63) is 39.9 Å². The summed E-state index contributed by atoms with van der Waals surface area (Å²) in [5.41, 5.74) is -1.96. The Morgan fingerprint density at radius 3 is 2.50 bits per heavy atom. The molecule has 0 fully saturated rings. The van der Waals surface area contributed by atoms with Gasteiger partial charge in [0.05, 0.1) is 10.6 Å². The number of carboxylic acid groups (broad SMARTS) is 1. The third-order valence-electron chi connectivity index (χ3n) is 1.98. The molecule has 0 unspecified atom stereocenters. The molecule has 0 aromatic heterocycles. The van der Waals surface area contributed by atoms with Gasteiger partial charge in [-0.05, 0) is 17.7 Å². The third kappa shape index (κ3) is 3.02. The predicted molar refractivity (Wildman–Crippen MR) is 57.7 cm³/mol. The zero-order valence-electron chi connectivity index (χ0n) is 8.62. The van der Waals surface area contributed by atoms with Crippen molar-refractivity contribution in [1.82, 2.24) is 0 Å². The molecule has 0 saturated carbocycles. The van der Waals surface area contributed by atoms with Crippen LogP contribution in [0.1, 0.15) is 11.1 Å². The highest BCUT2D eigenvalue weighted by Crippen LogP contribution is 2.36. The van der Waals surface area contributed by atoms with E-state index < -0.39 is 28.3 Å². The molecule has 1 aromatic rings. The molecule has 0 bridgehead atoms. The van der Waals surface area contributed by atoms with E-state index in [4.69, 9.17) is 22.0 Å². The second-order valence-electron chi connectivity index (χ2n) is 3.18. The highest BCUT2D eigenvalue weighted by atomic mass is 35.5. The summed E-state index contributed by atoms with van der Waals surface area (Å²) < 4.78 is 37.6. The lowest BCUT2D eigenvalue weighted by Gasteiger charge is -2.10. The van der Waals surface area contributed by atoms with Gasteiger partial charge in [0.25, 0.3) is 0 Å². The monoisotopic (exact) mass is 275 g/mol. The summed E-state index contributed by atoms with van der Waals surface area (Å²) >= 11 is 5.53. The summed E-state index contributed by atoms with van der Waals surface area (Å²) in [5.74, 6) is -1.54. The minimum atomic E-state index is -4.64. The summed E-state index contributed by atoms with van der Waals surface area (Å²) in [5, 5.41) is 16.5. The molecule has 0 heterocycles. The van der Waals surface area contributed by atoms with Crippen LogP contribution >= 0.6 is 11.6 Å².